The molecule has 0 aromatic heterocycles. The molecule has 0 bridgehead atoms. The Hall–Kier alpha value is -1.45. The monoisotopic (exact) mass is 406 g/mol. The van der Waals surface area contributed by atoms with Crippen LogP contribution in [-0.4, -0.2) is 51.3 Å². The minimum atomic E-state index is -3.71. The summed E-state index contributed by atoms with van der Waals surface area (Å²) in [5.74, 6) is -1.20. The molecule has 9 heteroatoms. The van der Waals surface area contributed by atoms with Crippen molar-refractivity contribution in [2.75, 3.05) is 20.7 Å². The zero-order valence-corrected chi connectivity index (χ0v) is 15.7. The van der Waals surface area contributed by atoms with Crippen molar-refractivity contribution in [3.63, 3.8) is 0 Å². The van der Waals surface area contributed by atoms with Crippen molar-refractivity contribution in [1.29, 1.82) is 0 Å². The summed E-state index contributed by atoms with van der Waals surface area (Å²) in [4.78, 5) is 23.4. The molecule has 0 atom stereocenters. The van der Waals surface area contributed by atoms with E-state index in [1.807, 2.05) is 0 Å². The van der Waals surface area contributed by atoms with Crippen LogP contribution in [0.3, 0.4) is 0 Å². The van der Waals surface area contributed by atoms with Gasteiger partial charge < -0.3 is 10.1 Å². The molecule has 1 N–H and O–H groups in total. The zero-order valence-electron chi connectivity index (χ0n) is 13.3. The quantitative estimate of drug-likeness (QED) is 0.720. The van der Waals surface area contributed by atoms with Gasteiger partial charge in [0.05, 0.1) is 10.5 Å². The molecule has 0 aliphatic rings. The van der Waals surface area contributed by atoms with E-state index in [1.54, 1.807) is 13.8 Å². The first kappa shape index (κ1) is 19.6. The molecule has 23 heavy (non-hydrogen) atoms. The van der Waals surface area contributed by atoms with E-state index in [2.05, 4.69) is 21.2 Å². The number of nitrogens with zero attached hydrogens (tertiary/aromatic N) is 1. The number of carbonyl (C=O) groups excluding carboxylic acids is 2. The van der Waals surface area contributed by atoms with Crippen LogP contribution < -0.4 is 5.32 Å². The lowest BCUT2D eigenvalue weighted by atomic mass is 10.2. The van der Waals surface area contributed by atoms with Gasteiger partial charge >= 0.3 is 5.97 Å². The number of esters is 1. The van der Waals surface area contributed by atoms with Crippen LogP contribution in [0.1, 0.15) is 24.2 Å². The summed E-state index contributed by atoms with van der Waals surface area (Å²) in [7, 11) is -0.928. The maximum Gasteiger partial charge on any atom is 0.338 e. The number of hydrogen-bond acceptors (Lipinski definition) is 5. The lowest BCUT2D eigenvalue weighted by Gasteiger charge is -2.14. The van der Waals surface area contributed by atoms with Crippen molar-refractivity contribution in [2.24, 2.45) is 0 Å². The van der Waals surface area contributed by atoms with Gasteiger partial charge in [0, 0.05) is 24.6 Å². The van der Waals surface area contributed by atoms with Gasteiger partial charge in [-0.05, 0) is 48.0 Å². The number of ether oxygens (including phenoxy) is 1. The molecule has 0 unspecified atom stereocenters. The zero-order chi connectivity index (χ0) is 17.8. The van der Waals surface area contributed by atoms with Gasteiger partial charge in [-0.3, -0.25) is 4.79 Å². The van der Waals surface area contributed by atoms with Crippen molar-refractivity contribution >= 4 is 37.8 Å². The highest BCUT2D eigenvalue weighted by Gasteiger charge is 2.22. The fourth-order valence-electron chi connectivity index (χ4n) is 1.60. The Balaban J connectivity index is 2.94. The molecule has 0 aliphatic heterocycles. The van der Waals surface area contributed by atoms with Crippen molar-refractivity contribution in [2.45, 2.75) is 24.8 Å². The predicted octanol–water partition coefficient (Wildman–Crippen LogP) is 1.38. The molecule has 1 aromatic rings. The van der Waals surface area contributed by atoms with Crippen LogP contribution in [0, 0.1) is 0 Å². The number of nitrogens with one attached hydrogen (secondary N) is 1. The van der Waals surface area contributed by atoms with Gasteiger partial charge in [0.2, 0.25) is 10.0 Å². The molecule has 1 aromatic carbocycles. The second kappa shape index (κ2) is 7.89. The predicted molar refractivity (Wildman–Crippen MR) is 88.6 cm³/mol. The minimum Gasteiger partial charge on any atom is -0.452 e. The number of hydrogen-bond donors (Lipinski definition) is 1. The van der Waals surface area contributed by atoms with Crippen molar-refractivity contribution < 1.29 is 22.7 Å². The normalized spacial score (nSPS) is 11.6. The molecule has 1 rings (SSSR count). The molecule has 0 fully saturated rings. The highest BCUT2D eigenvalue weighted by atomic mass is 79.9. The lowest BCUT2D eigenvalue weighted by Crippen LogP contribution is -2.34. The van der Waals surface area contributed by atoms with E-state index in [4.69, 9.17) is 4.74 Å². The molecule has 0 saturated carbocycles. The number of carbonyl (C=O) groups is 2. The van der Waals surface area contributed by atoms with Crippen LogP contribution in [0.4, 0.5) is 0 Å². The van der Waals surface area contributed by atoms with Gasteiger partial charge in [0.25, 0.3) is 5.91 Å². The molecule has 0 heterocycles. The van der Waals surface area contributed by atoms with Gasteiger partial charge in [0.1, 0.15) is 0 Å². The van der Waals surface area contributed by atoms with Gasteiger partial charge in [0.15, 0.2) is 6.61 Å². The number of halogens is 1. The second-order valence-electron chi connectivity index (χ2n) is 5.23. The smallest absolute Gasteiger partial charge is 0.338 e. The molecular weight excluding hydrogens is 388 g/mol. The van der Waals surface area contributed by atoms with Crippen molar-refractivity contribution in [3.05, 3.63) is 28.2 Å². The fraction of sp³-hybridized carbons (Fsp3) is 0.429. The summed E-state index contributed by atoms with van der Waals surface area (Å²) in [6.45, 7) is 3.14. The van der Waals surface area contributed by atoms with Gasteiger partial charge in [-0.25, -0.2) is 17.5 Å². The molecule has 1 amide bonds. The largest absolute Gasteiger partial charge is 0.452 e. The summed E-state index contributed by atoms with van der Waals surface area (Å²) in [6, 6.07) is 4.01. The van der Waals surface area contributed by atoms with E-state index in [0.29, 0.717) is 4.47 Å². The summed E-state index contributed by atoms with van der Waals surface area (Å²) in [6.07, 6.45) is 0. The average molecular weight is 407 g/mol. The van der Waals surface area contributed by atoms with Crippen LogP contribution in [-0.2, 0) is 19.6 Å². The fourth-order valence-corrected chi connectivity index (χ4v) is 3.45. The molecule has 7 nitrogen and oxygen atoms in total. The number of benzene rings is 1. The molecule has 0 saturated heterocycles. The Morgan fingerprint density at radius 2 is 1.91 bits per heavy atom. The highest BCUT2D eigenvalue weighted by molar-refractivity contribution is 9.10. The van der Waals surface area contributed by atoms with E-state index < -0.39 is 28.5 Å². The standard InChI is InChI=1S/C14H19BrN2O5S/c1-9(2)16-13(18)8-22-14(19)10-5-6-11(15)12(7-10)23(20,21)17(3)4/h5-7,9H,8H2,1-4H3,(H,16,18). The summed E-state index contributed by atoms with van der Waals surface area (Å²) in [5.41, 5.74) is 0.0472. The van der Waals surface area contributed by atoms with Gasteiger partial charge in [-0.15, -0.1) is 0 Å². The number of sulfonamides is 1. The first-order chi connectivity index (χ1) is 10.6. The molecule has 0 spiro atoms. The first-order valence-corrected chi connectivity index (χ1v) is 8.97. The van der Waals surface area contributed by atoms with E-state index in [1.165, 1.54) is 32.3 Å². The molecule has 0 radical (unpaired) electrons. The van der Waals surface area contributed by atoms with Crippen LogP contribution in [0.15, 0.2) is 27.6 Å². The van der Waals surface area contributed by atoms with Crippen LogP contribution in [0.25, 0.3) is 0 Å². The number of amides is 1. The third kappa shape index (κ3) is 5.29. The minimum absolute atomic E-state index is 0.0472. The first-order valence-electron chi connectivity index (χ1n) is 6.74. The van der Waals surface area contributed by atoms with Crippen molar-refractivity contribution in [1.82, 2.24) is 9.62 Å². The maximum atomic E-state index is 12.2. The Labute approximate surface area is 144 Å². The Morgan fingerprint density at radius 1 is 1.30 bits per heavy atom. The van der Waals surface area contributed by atoms with Crippen molar-refractivity contribution in [3.8, 4) is 0 Å². The Morgan fingerprint density at radius 3 is 2.43 bits per heavy atom. The van der Waals surface area contributed by atoms with Crippen LogP contribution in [0.2, 0.25) is 0 Å². The highest BCUT2D eigenvalue weighted by Crippen LogP contribution is 2.25. The summed E-state index contributed by atoms with van der Waals surface area (Å²) >= 11 is 3.15. The van der Waals surface area contributed by atoms with E-state index in [-0.39, 0.29) is 16.5 Å². The Kier molecular flexibility index (Phi) is 6.72. The Bertz CT molecular complexity index is 701. The van der Waals surface area contributed by atoms with E-state index in [9.17, 15) is 18.0 Å². The second-order valence-corrected chi connectivity index (χ2v) is 8.21. The lowest BCUT2D eigenvalue weighted by molar-refractivity contribution is -0.124. The molecule has 128 valence electrons. The number of rotatable bonds is 6. The van der Waals surface area contributed by atoms with E-state index in [0.717, 1.165) is 4.31 Å². The summed E-state index contributed by atoms with van der Waals surface area (Å²) < 4.78 is 30.6. The molecule has 0 aliphatic carbocycles. The maximum absolute atomic E-state index is 12.2. The third-order valence-corrected chi connectivity index (χ3v) is 5.52. The summed E-state index contributed by atoms with van der Waals surface area (Å²) in [5, 5.41) is 2.58. The third-order valence-electron chi connectivity index (χ3n) is 2.71. The van der Waals surface area contributed by atoms with Crippen LogP contribution in [0.5, 0.6) is 0 Å². The molecular formula is C14H19BrN2O5S. The van der Waals surface area contributed by atoms with Crippen LogP contribution >= 0.6 is 15.9 Å². The van der Waals surface area contributed by atoms with E-state index >= 15 is 0 Å². The van der Waals surface area contributed by atoms with Gasteiger partial charge in [-0.1, -0.05) is 0 Å². The topological polar surface area (TPSA) is 92.8 Å². The van der Waals surface area contributed by atoms with Gasteiger partial charge in [-0.2, -0.15) is 0 Å². The SMILES string of the molecule is CC(C)NC(=O)COC(=O)c1ccc(Br)c(S(=O)(=O)N(C)C)c1. The average Bonchev–Trinajstić information content (AvgIpc) is 2.44.